The molecule has 2 N–H and O–H groups in total. The van der Waals surface area contributed by atoms with Gasteiger partial charge in [-0.3, -0.25) is 9.59 Å². The first-order chi connectivity index (χ1) is 14.1. The van der Waals surface area contributed by atoms with Crippen molar-refractivity contribution in [1.29, 1.82) is 0 Å². The number of fused-ring (bicyclic) bond motifs is 4. The predicted octanol–water partition coefficient (Wildman–Crippen LogP) is 1.61. The molecule has 2 bridgehead atoms. The van der Waals surface area contributed by atoms with Crippen LogP contribution in [0, 0.1) is 5.92 Å². The first kappa shape index (κ1) is 20.1. The number of aliphatic hydroxyl groups is 1. The van der Waals surface area contributed by atoms with Gasteiger partial charge in [-0.2, -0.15) is 0 Å². The quantitative estimate of drug-likeness (QED) is 0.718. The van der Waals surface area contributed by atoms with E-state index in [4.69, 9.17) is 18.9 Å². The predicted molar refractivity (Wildman–Crippen MR) is 103 cm³/mol. The van der Waals surface area contributed by atoms with Gasteiger partial charge in [-0.1, -0.05) is 0 Å². The van der Waals surface area contributed by atoms with Gasteiger partial charge in [0.15, 0.2) is 0 Å². The smallest absolute Gasteiger partial charge is 0.308 e. The van der Waals surface area contributed by atoms with Crippen molar-refractivity contribution < 1.29 is 33.6 Å². The van der Waals surface area contributed by atoms with Gasteiger partial charge in [0, 0.05) is 30.0 Å². The SMILES string of the molecule is COC(=O)C[C@@H]1C[C@H]2c3cc(ccc3OC3CCOCC3)NC(=O)[C@H]2[C@@H](CO)O1. The third-order valence-electron chi connectivity index (χ3n) is 5.96. The lowest BCUT2D eigenvalue weighted by Gasteiger charge is -2.40. The summed E-state index contributed by atoms with van der Waals surface area (Å²) in [6.07, 6.45) is 1.11. The number of methoxy groups -OCH3 is 1. The van der Waals surface area contributed by atoms with Crippen LogP contribution in [0.1, 0.15) is 37.2 Å². The van der Waals surface area contributed by atoms with Crippen LogP contribution in [0.3, 0.4) is 0 Å². The molecule has 4 atom stereocenters. The van der Waals surface area contributed by atoms with Gasteiger partial charge in [-0.15, -0.1) is 0 Å². The van der Waals surface area contributed by atoms with E-state index in [0.717, 1.165) is 24.2 Å². The van der Waals surface area contributed by atoms with Crippen molar-refractivity contribution in [1.82, 2.24) is 0 Å². The molecule has 0 saturated carbocycles. The molecule has 1 amide bonds. The lowest BCUT2D eigenvalue weighted by atomic mass is 9.76. The highest BCUT2D eigenvalue weighted by Gasteiger charge is 2.46. The lowest BCUT2D eigenvalue weighted by molar-refractivity contribution is -0.156. The second kappa shape index (κ2) is 8.69. The number of ether oxygens (including phenoxy) is 4. The number of esters is 1. The van der Waals surface area contributed by atoms with Gasteiger partial charge in [0.2, 0.25) is 5.91 Å². The summed E-state index contributed by atoms with van der Waals surface area (Å²) in [5.74, 6) is -0.624. The molecular weight excluding hydrogens is 378 g/mol. The first-order valence-corrected chi connectivity index (χ1v) is 10.1. The first-order valence-electron chi connectivity index (χ1n) is 10.1. The monoisotopic (exact) mass is 405 g/mol. The molecule has 0 spiro atoms. The third kappa shape index (κ3) is 4.24. The Balaban J connectivity index is 1.65. The molecule has 29 heavy (non-hydrogen) atoms. The molecule has 0 unspecified atom stereocenters. The number of aliphatic hydroxyl groups excluding tert-OH is 1. The van der Waals surface area contributed by atoms with Crippen LogP contribution >= 0.6 is 0 Å². The molecule has 2 saturated heterocycles. The Morgan fingerprint density at radius 2 is 2.10 bits per heavy atom. The van der Waals surface area contributed by atoms with E-state index in [1.165, 1.54) is 7.11 Å². The van der Waals surface area contributed by atoms with E-state index in [1.807, 2.05) is 18.2 Å². The number of benzene rings is 1. The third-order valence-corrected chi connectivity index (χ3v) is 5.96. The van der Waals surface area contributed by atoms with Crippen LogP contribution in [-0.4, -0.2) is 62.2 Å². The highest BCUT2D eigenvalue weighted by molar-refractivity contribution is 5.95. The molecule has 8 nitrogen and oxygen atoms in total. The molecule has 0 aliphatic carbocycles. The van der Waals surface area contributed by atoms with Gasteiger partial charge in [-0.05, 0) is 24.6 Å². The minimum absolute atomic E-state index is 0.0653. The Labute approximate surface area is 169 Å². The van der Waals surface area contributed by atoms with Crippen molar-refractivity contribution in [2.45, 2.75) is 49.9 Å². The maximum Gasteiger partial charge on any atom is 0.308 e. The molecule has 1 aromatic rings. The molecule has 0 aromatic heterocycles. The molecule has 4 rings (SSSR count). The average molecular weight is 405 g/mol. The van der Waals surface area contributed by atoms with Crippen molar-refractivity contribution >= 4 is 17.6 Å². The standard InChI is InChI=1S/C21H27NO7/c1-26-19(24)10-14-9-16-15-8-12(22-21(25)20(16)18(11-23)29-14)2-3-17(15)28-13-4-6-27-7-5-13/h2-3,8,13-14,16,18,20,23H,4-7,9-11H2,1H3,(H,22,25)/t14-,16-,18+,20+/m0/s1. The molecule has 8 heteroatoms. The maximum absolute atomic E-state index is 12.9. The molecule has 3 aliphatic rings. The molecule has 0 radical (unpaired) electrons. The zero-order valence-corrected chi connectivity index (χ0v) is 16.5. The number of hydrogen-bond acceptors (Lipinski definition) is 7. The highest BCUT2D eigenvalue weighted by atomic mass is 16.5. The Bertz CT molecular complexity index is 761. The molecule has 2 fully saturated rings. The van der Waals surface area contributed by atoms with E-state index >= 15 is 0 Å². The fourth-order valence-electron chi connectivity index (χ4n) is 4.53. The number of hydrogen-bond donors (Lipinski definition) is 2. The minimum Gasteiger partial charge on any atom is -0.490 e. The molecule has 1 aromatic carbocycles. The van der Waals surface area contributed by atoms with Gasteiger partial charge in [0.1, 0.15) is 11.9 Å². The van der Waals surface area contributed by atoms with Crippen LogP contribution in [0.25, 0.3) is 0 Å². The second-order valence-electron chi connectivity index (χ2n) is 7.80. The molecule has 158 valence electrons. The van der Waals surface area contributed by atoms with E-state index in [9.17, 15) is 14.7 Å². The summed E-state index contributed by atoms with van der Waals surface area (Å²) in [5.41, 5.74) is 1.61. The summed E-state index contributed by atoms with van der Waals surface area (Å²) in [6.45, 7) is 1.04. The fourth-order valence-corrected chi connectivity index (χ4v) is 4.53. The summed E-state index contributed by atoms with van der Waals surface area (Å²) in [4.78, 5) is 24.7. The zero-order chi connectivity index (χ0) is 20.4. The Morgan fingerprint density at radius 1 is 1.31 bits per heavy atom. The molecular formula is C21H27NO7. The van der Waals surface area contributed by atoms with Gasteiger partial charge < -0.3 is 29.4 Å². The summed E-state index contributed by atoms with van der Waals surface area (Å²) in [7, 11) is 1.33. The largest absolute Gasteiger partial charge is 0.490 e. The fraction of sp³-hybridized carbons (Fsp3) is 0.619. The van der Waals surface area contributed by atoms with Crippen LogP contribution < -0.4 is 10.1 Å². The van der Waals surface area contributed by atoms with Crippen molar-refractivity contribution in [3.8, 4) is 5.75 Å². The molecule has 3 heterocycles. The number of anilines is 1. The minimum atomic E-state index is -0.700. The topological polar surface area (TPSA) is 103 Å². The van der Waals surface area contributed by atoms with Crippen LogP contribution in [0.15, 0.2) is 18.2 Å². The Kier molecular flexibility index (Phi) is 6.03. The van der Waals surface area contributed by atoms with Gasteiger partial charge in [0.25, 0.3) is 0 Å². The van der Waals surface area contributed by atoms with Crippen LogP contribution in [0.2, 0.25) is 0 Å². The average Bonchev–Trinajstić information content (AvgIpc) is 2.85. The normalized spacial score (nSPS) is 29.4. The van der Waals surface area contributed by atoms with E-state index in [1.54, 1.807) is 0 Å². The van der Waals surface area contributed by atoms with Crippen molar-refractivity contribution in [2.75, 3.05) is 32.2 Å². The van der Waals surface area contributed by atoms with E-state index in [-0.39, 0.29) is 36.9 Å². The van der Waals surface area contributed by atoms with Crippen molar-refractivity contribution in [3.63, 3.8) is 0 Å². The molecule has 3 aliphatic heterocycles. The summed E-state index contributed by atoms with van der Waals surface area (Å²) in [6, 6.07) is 5.65. The maximum atomic E-state index is 12.9. The van der Waals surface area contributed by atoms with E-state index < -0.39 is 18.1 Å². The van der Waals surface area contributed by atoms with E-state index in [2.05, 4.69) is 5.32 Å². The zero-order valence-electron chi connectivity index (χ0n) is 16.5. The summed E-state index contributed by atoms with van der Waals surface area (Å²) < 4.78 is 22.4. The number of amides is 1. The van der Waals surface area contributed by atoms with Gasteiger partial charge in [0.05, 0.1) is 51.5 Å². The van der Waals surface area contributed by atoms with Crippen molar-refractivity contribution in [2.24, 2.45) is 5.92 Å². The number of nitrogens with one attached hydrogen (secondary N) is 1. The van der Waals surface area contributed by atoms with Crippen LogP contribution in [-0.2, 0) is 23.8 Å². The Hall–Kier alpha value is -2.16. The number of carbonyl (C=O) groups is 2. The highest BCUT2D eigenvalue weighted by Crippen LogP contribution is 2.46. The van der Waals surface area contributed by atoms with Crippen LogP contribution in [0.5, 0.6) is 5.75 Å². The summed E-state index contributed by atoms with van der Waals surface area (Å²) in [5, 5.41) is 12.8. The van der Waals surface area contributed by atoms with Gasteiger partial charge in [-0.25, -0.2) is 0 Å². The van der Waals surface area contributed by atoms with Crippen LogP contribution in [0.4, 0.5) is 5.69 Å². The van der Waals surface area contributed by atoms with E-state index in [0.29, 0.717) is 25.3 Å². The Morgan fingerprint density at radius 3 is 2.83 bits per heavy atom. The lowest BCUT2D eigenvalue weighted by Crippen LogP contribution is -2.47. The number of carbonyl (C=O) groups excluding carboxylic acids is 2. The summed E-state index contributed by atoms with van der Waals surface area (Å²) >= 11 is 0. The van der Waals surface area contributed by atoms with Crippen molar-refractivity contribution in [3.05, 3.63) is 23.8 Å². The second-order valence-corrected chi connectivity index (χ2v) is 7.80. The number of rotatable bonds is 5. The van der Waals surface area contributed by atoms with Gasteiger partial charge >= 0.3 is 5.97 Å².